The first kappa shape index (κ1) is 20.7. The van der Waals surface area contributed by atoms with Crippen molar-refractivity contribution < 1.29 is 23.5 Å². The molecule has 0 spiro atoms. The monoisotopic (exact) mass is 435 g/mol. The van der Waals surface area contributed by atoms with Crippen molar-refractivity contribution in [3.05, 3.63) is 76.4 Å². The summed E-state index contributed by atoms with van der Waals surface area (Å²) in [6, 6.07) is 12.6. The highest BCUT2D eigenvalue weighted by Gasteiger charge is 2.13. The van der Waals surface area contributed by atoms with Gasteiger partial charge in [0.1, 0.15) is 18.5 Å². The van der Waals surface area contributed by atoms with Crippen molar-refractivity contribution in [2.75, 3.05) is 11.9 Å². The molecule has 2 aromatic heterocycles. The highest BCUT2D eigenvalue weighted by Crippen LogP contribution is 2.22. The number of anilines is 1. The summed E-state index contributed by atoms with van der Waals surface area (Å²) in [6.07, 6.45) is 0.786. The minimum Gasteiger partial charge on any atom is -0.457 e. The summed E-state index contributed by atoms with van der Waals surface area (Å²) in [6.45, 7) is 1.76. The fraction of sp³-hybridized carbons (Fsp3) is 0.143. The van der Waals surface area contributed by atoms with Gasteiger partial charge >= 0.3 is 17.7 Å². The van der Waals surface area contributed by atoms with Gasteiger partial charge in [0, 0.05) is 28.8 Å². The predicted molar refractivity (Wildman–Crippen MR) is 111 cm³/mol. The van der Waals surface area contributed by atoms with Gasteiger partial charge in [0.25, 0.3) is 0 Å². The van der Waals surface area contributed by atoms with E-state index >= 15 is 0 Å². The van der Waals surface area contributed by atoms with Crippen LogP contribution in [-0.4, -0.2) is 38.9 Å². The van der Waals surface area contributed by atoms with Gasteiger partial charge in [-0.05, 0) is 47.7 Å². The Balaban J connectivity index is 1.53. The number of nitrogens with one attached hydrogen (secondary N) is 1. The third-order valence-electron chi connectivity index (χ3n) is 4.41. The Labute approximate surface area is 180 Å². The van der Waals surface area contributed by atoms with Crippen molar-refractivity contribution in [2.45, 2.75) is 13.5 Å². The van der Waals surface area contributed by atoms with Crippen LogP contribution in [0.15, 0.2) is 64.1 Å². The fourth-order valence-electron chi connectivity index (χ4n) is 2.99. The molecule has 0 aliphatic carbocycles. The smallest absolute Gasteiger partial charge is 0.411 e. The van der Waals surface area contributed by atoms with Gasteiger partial charge in [-0.2, -0.15) is 0 Å². The number of aromatic nitrogens is 4. The van der Waals surface area contributed by atoms with E-state index in [9.17, 15) is 14.4 Å². The summed E-state index contributed by atoms with van der Waals surface area (Å²) < 4.78 is 16.9. The summed E-state index contributed by atoms with van der Waals surface area (Å²) in [5.74, 6) is -0.582. The normalized spacial score (nSPS) is 10.7. The Morgan fingerprint density at radius 3 is 2.78 bits per heavy atom. The highest BCUT2D eigenvalue weighted by molar-refractivity contribution is 5.91. The molecule has 0 fully saturated rings. The van der Waals surface area contributed by atoms with E-state index in [0.29, 0.717) is 27.9 Å². The molecule has 4 aromatic rings. The number of nitrogens with zero attached hydrogens (tertiary/aromatic N) is 4. The van der Waals surface area contributed by atoms with Gasteiger partial charge in [-0.1, -0.05) is 6.07 Å². The first-order chi connectivity index (χ1) is 15.5. The number of rotatable bonds is 6. The van der Waals surface area contributed by atoms with Crippen molar-refractivity contribution in [2.24, 2.45) is 0 Å². The lowest BCUT2D eigenvalue weighted by Gasteiger charge is -2.10. The number of fused-ring (bicyclic) bond motifs is 1. The molecule has 0 radical (unpaired) electrons. The zero-order valence-corrected chi connectivity index (χ0v) is 16.8. The number of esters is 1. The molecule has 11 nitrogen and oxygen atoms in total. The number of carbonyl (C=O) groups excluding carboxylic acids is 2. The maximum absolute atomic E-state index is 12.6. The number of ether oxygens (including phenoxy) is 2. The number of tetrazole rings is 1. The molecule has 32 heavy (non-hydrogen) atoms. The van der Waals surface area contributed by atoms with Gasteiger partial charge in [0.15, 0.2) is 0 Å². The molecule has 0 bridgehead atoms. The second-order valence-electron chi connectivity index (χ2n) is 6.53. The van der Waals surface area contributed by atoms with Gasteiger partial charge in [-0.25, -0.2) is 19.1 Å². The molecule has 0 saturated heterocycles. The minimum atomic E-state index is -0.622. The summed E-state index contributed by atoms with van der Waals surface area (Å²) in [7, 11) is 0. The van der Waals surface area contributed by atoms with Gasteiger partial charge < -0.3 is 13.9 Å². The van der Waals surface area contributed by atoms with E-state index < -0.39 is 17.7 Å². The fourth-order valence-corrected chi connectivity index (χ4v) is 2.99. The van der Waals surface area contributed by atoms with E-state index in [1.165, 1.54) is 23.1 Å². The molecule has 1 amide bonds. The topological polar surface area (TPSA) is 138 Å². The van der Waals surface area contributed by atoms with Crippen LogP contribution in [0.3, 0.4) is 0 Å². The molecule has 0 aliphatic heterocycles. The van der Waals surface area contributed by atoms with Crippen LogP contribution >= 0.6 is 0 Å². The molecule has 162 valence electrons. The molecule has 1 N–H and O–H groups in total. The second kappa shape index (κ2) is 9.08. The van der Waals surface area contributed by atoms with Crippen molar-refractivity contribution in [1.29, 1.82) is 0 Å². The lowest BCUT2D eigenvalue weighted by molar-refractivity contribution is 0.0473. The van der Waals surface area contributed by atoms with Crippen LogP contribution in [0.1, 0.15) is 22.8 Å². The Morgan fingerprint density at radius 2 is 2.00 bits per heavy atom. The Bertz CT molecular complexity index is 1330. The molecule has 0 atom stereocenters. The quantitative estimate of drug-likeness (QED) is 0.358. The zero-order chi connectivity index (χ0) is 22.5. The number of hydrogen-bond donors (Lipinski definition) is 1. The molecule has 2 heterocycles. The molecular weight excluding hydrogens is 418 g/mol. The standard InChI is InChI=1S/C21H17N5O6/c1-2-30-21(29)23-15-6-7-17-14(9-19(27)32-18(17)10-15)11-31-20(28)13-4-3-5-16(8-13)26-12-22-24-25-26/h3-10,12H,2,11H2,1H3,(H,23,29). The number of amides is 1. The Kier molecular flexibility index (Phi) is 5.88. The molecule has 0 saturated carbocycles. The van der Waals surface area contributed by atoms with E-state index in [0.717, 1.165) is 0 Å². The van der Waals surface area contributed by atoms with E-state index in [1.54, 1.807) is 43.3 Å². The summed E-state index contributed by atoms with van der Waals surface area (Å²) in [5.41, 5.74) is 1.37. The van der Waals surface area contributed by atoms with E-state index in [2.05, 4.69) is 20.8 Å². The largest absolute Gasteiger partial charge is 0.457 e. The average molecular weight is 435 g/mol. The number of benzene rings is 2. The van der Waals surface area contributed by atoms with Crippen LogP contribution in [0.25, 0.3) is 16.7 Å². The SMILES string of the molecule is CCOC(=O)Nc1ccc2c(COC(=O)c3cccc(-n4cnnn4)c3)cc(=O)oc2c1. The van der Waals surface area contributed by atoms with Crippen LogP contribution < -0.4 is 10.9 Å². The second-order valence-corrected chi connectivity index (χ2v) is 6.53. The minimum absolute atomic E-state index is 0.152. The summed E-state index contributed by atoms with van der Waals surface area (Å²) in [5, 5.41) is 14.0. The van der Waals surface area contributed by atoms with E-state index in [4.69, 9.17) is 13.9 Å². The average Bonchev–Trinajstić information content (AvgIpc) is 3.32. The predicted octanol–water partition coefficient (Wildman–Crippen LogP) is 2.69. The maximum atomic E-state index is 12.6. The molecule has 0 aliphatic rings. The lowest BCUT2D eigenvalue weighted by atomic mass is 10.1. The van der Waals surface area contributed by atoms with E-state index in [-0.39, 0.29) is 18.8 Å². The van der Waals surface area contributed by atoms with Crippen molar-refractivity contribution in [3.63, 3.8) is 0 Å². The van der Waals surface area contributed by atoms with Gasteiger partial charge in [-0.15, -0.1) is 5.10 Å². The van der Waals surface area contributed by atoms with Crippen LogP contribution in [0.2, 0.25) is 0 Å². The maximum Gasteiger partial charge on any atom is 0.411 e. The number of hydrogen-bond acceptors (Lipinski definition) is 9. The lowest BCUT2D eigenvalue weighted by Crippen LogP contribution is -2.13. The van der Waals surface area contributed by atoms with Crippen molar-refractivity contribution in [1.82, 2.24) is 20.2 Å². The zero-order valence-electron chi connectivity index (χ0n) is 16.8. The molecule has 0 unspecified atom stereocenters. The van der Waals surface area contributed by atoms with Crippen LogP contribution in [-0.2, 0) is 16.1 Å². The Hall–Kier alpha value is -4.54. The van der Waals surface area contributed by atoms with Crippen molar-refractivity contribution >= 4 is 28.7 Å². The summed E-state index contributed by atoms with van der Waals surface area (Å²) in [4.78, 5) is 36.1. The third kappa shape index (κ3) is 4.61. The first-order valence-corrected chi connectivity index (χ1v) is 9.54. The van der Waals surface area contributed by atoms with Crippen LogP contribution in [0, 0.1) is 0 Å². The van der Waals surface area contributed by atoms with Crippen LogP contribution in [0.5, 0.6) is 0 Å². The van der Waals surface area contributed by atoms with Gasteiger partial charge in [0.2, 0.25) is 0 Å². The summed E-state index contributed by atoms with van der Waals surface area (Å²) >= 11 is 0. The highest BCUT2D eigenvalue weighted by atomic mass is 16.5. The van der Waals surface area contributed by atoms with Crippen molar-refractivity contribution in [3.8, 4) is 5.69 Å². The number of carbonyl (C=O) groups is 2. The molecule has 4 rings (SSSR count). The van der Waals surface area contributed by atoms with Crippen LogP contribution in [0.4, 0.5) is 10.5 Å². The molecule has 11 heteroatoms. The van der Waals surface area contributed by atoms with Gasteiger partial charge in [0.05, 0.1) is 17.9 Å². The molecular formula is C21H17N5O6. The molecule has 2 aromatic carbocycles. The Morgan fingerprint density at radius 1 is 1.12 bits per heavy atom. The van der Waals surface area contributed by atoms with E-state index in [1.807, 2.05) is 0 Å². The third-order valence-corrected chi connectivity index (χ3v) is 4.41. The van der Waals surface area contributed by atoms with Gasteiger partial charge in [-0.3, -0.25) is 5.32 Å². The first-order valence-electron chi connectivity index (χ1n) is 9.54.